The maximum atomic E-state index is 12.8. The van der Waals surface area contributed by atoms with Crippen molar-refractivity contribution in [3.8, 4) is 0 Å². The van der Waals surface area contributed by atoms with E-state index in [9.17, 15) is 13.2 Å². The second-order valence-electron chi connectivity index (χ2n) is 4.76. The molecule has 3 aromatic rings. The number of aryl methyl sites for hydroxylation is 1. The van der Waals surface area contributed by atoms with Gasteiger partial charge in [0, 0.05) is 22.8 Å². The average Bonchev–Trinajstić information content (AvgIpc) is 2.87. The fraction of sp³-hybridized carbons (Fsp3) is 0.133. The number of aromatic nitrogens is 2. The first kappa shape index (κ1) is 13.5. The summed E-state index contributed by atoms with van der Waals surface area (Å²) in [6.07, 6.45) is -2.65. The Labute approximate surface area is 118 Å². The highest BCUT2D eigenvalue weighted by Gasteiger charge is 2.34. The van der Waals surface area contributed by atoms with Gasteiger partial charge in [0.1, 0.15) is 11.5 Å². The first-order valence-electron chi connectivity index (χ1n) is 6.32. The average molecular weight is 291 g/mol. The van der Waals surface area contributed by atoms with Gasteiger partial charge in [0.05, 0.1) is 0 Å². The number of benzene rings is 1. The van der Waals surface area contributed by atoms with Gasteiger partial charge >= 0.3 is 6.18 Å². The summed E-state index contributed by atoms with van der Waals surface area (Å²) in [5.74, 6) is 0.169. The number of halogens is 3. The van der Waals surface area contributed by atoms with E-state index in [0.29, 0.717) is 5.69 Å². The van der Waals surface area contributed by atoms with Crippen molar-refractivity contribution in [3.05, 3.63) is 53.9 Å². The Balaban J connectivity index is 1.94. The van der Waals surface area contributed by atoms with E-state index in [1.54, 1.807) is 12.3 Å². The van der Waals surface area contributed by atoms with Crippen LogP contribution >= 0.6 is 0 Å². The van der Waals surface area contributed by atoms with Gasteiger partial charge in [-0.3, -0.25) is 0 Å². The first-order chi connectivity index (χ1) is 9.93. The van der Waals surface area contributed by atoms with Gasteiger partial charge in [-0.05, 0) is 42.8 Å². The summed E-state index contributed by atoms with van der Waals surface area (Å²) >= 11 is 0. The number of alkyl halides is 3. The molecule has 0 unspecified atom stereocenters. The van der Waals surface area contributed by atoms with Crippen LogP contribution in [0.4, 0.5) is 24.7 Å². The zero-order chi connectivity index (χ0) is 15.0. The number of pyridine rings is 1. The molecule has 2 heterocycles. The minimum atomic E-state index is -4.45. The quantitative estimate of drug-likeness (QED) is 0.722. The van der Waals surface area contributed by atoms with Crippen LogP contribution < -0.4 is 5.32 Å². The van der Waals surface area contributed by atoms with Crippen LogP contribution in [-0.4, -0.2) is 9.97 Å². The molecule has 0 aliphatic rings. The number of rotatable bonds is 2. The molecule has 0 fully saturated rings. The number of nitrogens with zero attached hydrogens (tertiary/aromatic N) is 1. The predicted molar refractivity (Wildman–Crippen MR) is 75.6 cm³/mol. The lowest BCUT2D eigenvalue weighted by atomic mass is 10.2. The van der Waals surface area contributed by atoms with Gasteiger partial charge in [0.25, 0.3) is 0 Å². The van der Waals surface area contributed by atoms with Crippen LogP contribution in [0.15, 0.2) is 42.6 Å². The zero-order valence-electron chi connectivity index (χ0n) is 11.1. The van der Waals surface area contributed by atoms with Crippen molar-refractivity contribution in [2.45, 2.75) is 13.1 Å². The fourth-order valence-electron chi connectivity index (χ4n) is 2.16. The monoisotopic (exact) mass is 291 g/mol. The molecule has 0 atom stereocenters. The minimum Gasteiger partial charge on any atom is -0.361 e. The lowest BCUT2D eigenvalue weighted by Gasteiger charge is -2.12. The van der Waals surface area contributed by atoms with Gasteiger partial charge < -0.3 is 10.3 Å². The summed E-state index contributed by atoms with van der Waals surface area (Å²) < 4.78 is 38.5. The third kappa shape index (κ3) is 2.69. The van der Waals surface area contributed by atoms with Gasteiger partial charge in [0.2, 0.25) is 0 Å². The lowest BCUT2D eigenvalue weighted by molar-refractivity contribution is -0.141. The molecule has 2 aromatic heterocycles. The lowest BCUT2D eigenvalue weighted by Crippen LogP contribution is -2.11. The number of hydrogen-bond donors (Lipinski definition) is 2. The Morgan fingerprint density at radius 1 is 1.10 bits per heavy atom. The van der Waals surface area contributed by atoms with Gasteiger partial charge in [-0.2, -0.15) is 13.2 Å². The third-order valence-electron chi connectivity index (χ3n) is 3.19. The smallest absolute Gasteiger partial charge is 0.361 e. The number of hydrogen-bond acceptors (Lipinski definition) is 2. The molecule has 0 radical (unpaired) electrons. The third-order valence-corrected chi connectivity index (χ3v) is 3.19. The molecule has 3 rings (SSSR count). The van der Waals surface area contributed by atoms with Crippen LogP contribution in [0.25, 0.3) is 10.9 Å². The van der Waals surface area contributed by atoms with E-state index in [2.05, 4.69) is 15.3 Å². The van der Waals surface area contributed by atoms with Crippen molar-refractivity contribution in [1.82, 2.24) is 9.97 Å². The molecule has 0 amide bonds. The zero-order valence-corrected chi connectivity index (χ0v) is 11.1. The van der Waals surface area contributed by atoms with E-state index in [1.807, 2.05) is 18.2 Å². The molecular formula is C15H12F3N3. The minimum absolute atomic E-state index is 0.106. The van der Waals surface area contributed by atoms with Crippen LogP contribution in [0.3, 0.4) is 0 Å². The largest absolute Gasteiger partial charge is 0.433 e. The van der Waals surface area contributed by atoms with Crippen molar-refractivity contribution in [2.24, 2.45) is 0 Å². The second kappa shape index (κ2) is 4.80. The maximum Gasteiger partial charge on any atom is 0.433 e. The van der Waals surface area contributed by atoms with Crippen molar-refractivity contribution >= 4 is 22.4 Å². The van der Waals surface area contributed by atoms with Crippen LogP contribution in [0.2, 0.25) is 0 Å². The highest BCUT2D eigenvalue weighted by Crippen LogP contribution is 2.31. The van der Waals surface area contributed by atoms with Crippen molar-refractivity contribution in [2.75, 3.05) is 5.32 Å². The number of H-pyrrole nitrogens is 1. The summed E-state index contributed by atoms with van der Waals surface area (Å²) in [6.45, 7) is 1.39. The van der Waals surface area contributed by atoms with Gasteiger partial charge in [0.15, 0.2) is 0 Å². The Morgan fingerprint density at radius 3 is 2.67 bits per heavy atom. The van der Waals surface area contributed by atoms with Crippen LogP contribution in [0.5, 0.6) is 0 Å². The van der Waals surface area contributed by atoms with Crippen molar-refractivity contribution < 1.29 is 13.2 Å². The van der Waals surface area contributed by atoms with Gasteiger partial charge in [-0.25, -0.2) is 4.98 Å². The van der Waals surface area contributed by atoms with Gasteiger partial charge in [-0.15, -0.1) is 0 Å². The second-order valence-corrected chi connectivity index (χ2v) is 4.76. The van der Waals surface area contributed by atoms with Crippen LogP contribution in [-0.2, 0) is 6.18 Å². The standard InChI is InChI=1S/C15H12F3N3/c1-9-2-5-13(21-14(9)15(16,17)18)20-11-3-4-12-10(8-11)6-7-19-12/h2-8,19H,1H3,(H,20,21). The maximum absolute atomic E-state index is 12.8. The molecule has 2 N–H and O–H groups in total. The summed E-state index contributed by atoms with van der Waals surface area (Å²) in [5, 5.41) is 3.88. The Kier molecular flexibility index (Phi) is 3.08. The Morgan fingerprint density at radius 2 is 1.90 bits per heavy atom. The fourth-order valence-corrected chi connectivity index (χ4v) is 2.16. The van der Waals surface area contributed by atoms with Crippen molar-refractivity contribution in [3.63, 3.8) is 0 Å². The predicted octanol–water partition coefficient (Wildman–Crippen LogP) is 4.63. The summed E-state index contributed by atoms with van der Waals surface area (Å²) in [4.78, 5) is 6.72. The van der Waals surface area contributed by atoms with Crippen LogP contribution in [0.1, 0.15) is 11.3 Å². The first-order valence-corrected chi connectivity index (χ1v) is 6.32. The summed E-state index contributed by atoms with van der Waals surface area (Å²) in [5.41, 5.74) is 0.893. The number of nitrogens with one attached hydrogen (secondary N) is 2. The van der Waals surface area contributed by atoms with E-state index in [-0.39, 0.29) is 11.4 Å². The molecule has 0 aliphatic heterocycles. The molecule has 1 aromatic carbocycles. The van der Waals surface area contributed by atoms with Gasteiger partial charge in [-0.1, -0.05) is 6.07 Å². The molecule has 0 aliphatic carbocycles. The van der Waals surface area contributed by atoms with E-state index in [1.165, 1.54) is 19.1 Å². The Bertz CT molecular complexity index is 790. The highest BCUT2D eigenvalue weighted by atomic mass is 19.4. The molecule has 0 saturated carbocycles. The van der Waals surface area contributed by atoms with Crippen LogP contribution in [0, 0.1) is 6.92 Å². The normalized spacial score (nSPS) is 11.8. The molecular weight excluding hydrogens is 279 g/mol. The Hall–Kier alpha value is -2.50. The molecule has 3 nitrogen and oxygen atoms in total. The van der Waals surface area contributed by atoms with E-state index < -0.39 is 11.9 Å². The molecule has 0 bridgehead atoms. The van der Waals surface area contributed by atoms with E-state index in [0.717, 1.165) is 10.9 Å². The van der Waals surface area contributed by atoms with Crippen molar-refractivity contribution in [1.29, 1.82) is 0 Å². The number of fused-ring (bicyclic) bond motifs is 1. The van der Waals surface area contributed by atoms with E-state index >= 15 is 0 Å². The SMILES string of the molecule is Cc1ccc(Nc2ccc3[nH]ccc3c2)nc1C(F)(F)F. The number of anilines is 2. The highest BCUT2D eigenvalue weighted by molar-refractivity contribution is 5.83. The molecule has 0 saturated heterocycles. The summed E-state index contributed by atoms with van der Waals surface area (Å²) in [6, 6.07) is 10.3. The molecule has 6 heteroatoms. The molecule has 108 valence electrons. The molecule has 0 spiro atoms. The molecule has 21 heavy (non-hydrogen) atoms. The topological polar surface area (TPSA) is 40.7 Å². The summed E-state index contributed by atoms with van der Waals surface area (Å²) in [7, 11) is 0. The number of aromatic amines is 1. The van der Waals surface area contributed by atoms with E-state index in [4.69, 9.17) is 0 Å².